The Morgan fingerprint density at radius 3 is 2.67 bits per heavy atom. The Bertz CT molecular complexity index is 769. The van der Waals surface area contributed by atoms with Crippen molar-refractivity contribution in [2.45, 2.75) is 12.7 Å². The summed E-state index contributed by atoms with van der Waals surface area (Å²) in [7, 11) is 0. The lowest BCUT2D eigenvalue weighted by atomic mass is 10.2. The van der Waals surface area contributed by atoms with Gasteiger partial charge in [-0.25, -0.2) is 20.8 Å². The second-order valence-electron chi connectivity index (χ2n) is 4.43. The minimum absolute atomic E-state index is 0.00592. The van der Waals surface area contributed by atoms with Crippen molar-refractivity contribution >= 4 is 33.5 Å². The fourth-order valence-corrected chi connectivity index (χ4v) is 2.24. The average molecular weight is 406 g/mol. The fourth-order valence-electron chi connectivity index (χ4n) is 1.75. The predicted molar refractivity (Wildman–Crippen MR) is 82.4 cm³/mol. The Kier molecular flexibility index (Phi) is 5.19. The van der Waals surface area contributed by atoms with Crippen LogP contribution in [0.15, 0.2) is 22.9 Å². The van der Waals surface area contributed by atoms with E-state index in [1.54, 1.807) is 12.1 Å². The van der Waals surface area contributed by atoms with Crippen molar-refractivity contribution in [3.63, 3.8) is 0 Å². The standard InChI is InChI=1S/C12H11BrF3N7O/c13-8-7(12(14,15)16)22-9(17)6(21-8)11(24)20-4-5-2-1-3-19-10(5)23-18/h1-3H,4,18H2,(H2,17,22)(H,19,23)(H,20,24). The average Bonchev–Trinajstić information content (AvgIpc) is 2.53. The third-order valence-corrected chi connectivity index (χ3v) is 3.38. The van der Waals surface area contributed by atoms with E-state index in [1.807, 2.05) is 0 Å². The highest BCUT2D eigenvalue weighted by molar-refractivity contribution is 9.10. The maximum Gasteiger partial charge on any atom is 0.436 e. The molecule has 0 aliphatic carbocycles. The number of pyridine rings is 1. The van der Waals surface area contributed by atoms with Gasteiger partial charge in [0.1, 0.15) is 10.4 Å². The van der Waals surface area contributed by atoms with Gasteiger partial charge in [-0.05, 0) is 22.0 Å². The highest BCUT2D eigenvalue weighted by Gasteiger charge is 2.37. The molecule has 0 bridgehead atoms. The summed E-state index contributed by atoms with van der Waals surface area (Å²) in [6, 6.07) is 3.28. The molecule has 0 radical (unpaired) electrons. The SMILES string of the molecule is NNc1ncccc1CNC(=O)c1nc(Br)c(C(F)(F)F)nc1N. The number of anilines is 2. The number of amides is 1. The number of hydrogen-bond donors (Lipinski definition) is 4. The summed E-state index contributed by atoms with van der Waals surface area (Å²) in [5, 5.41) is 2.46. The number of nitrogens with one attached hydrogen (secondary N) is 2. The van der Waals surface area contributed by atoms with Crippen LogP contribution in [0.1, 0.15) is 21.7 Å². The van der Waals surface area contributed by atoms with Gasteiger partial charge < -0.3 is 16.5 Å². The summed E-state index contributed by atoms with van der Waals surface area (Å²) in [6.07, 6.45) is -3.25. The van der Waals surface area contributed by atoms with E-state index in [0.29, 0.717) is 11.4 Å². The van der Waals surface area contributed by atoms with Crippen LogP contribution in [-0.4, -0.2) is 20.9 Å². The van der Waals surface area contributed by atoms with Crippen molar-refractivity contribution < 1.29 is 18.0 Å². The van der Waals surface area contributed by atoms with Gasteiger partial charge in [0.25, 0.3) is 5.91 Å². The smallest absolute Gasteiger partial charge is 0.382 e. The number of nitrogen functional groups attached to an aromatic ring is 2. The summed E-state index contributed by atoms with van der Waals surface area (Å²) in [5.74, 6) is 4.20. The number of nitrogens with zero attached hydrogens (tertiary/aromatic N) is 3. The molecule has 0 aliphatic rings. The molecule has 0 fully saturated rings. The Hall–Kier alpha value is -2.47. The molecule has 0 atom stereocenters. The first-order valence-corrected chi connectivity index (χ1v) is 7.12. The monoisotopic (exact) mass is 405 g/mol. The van der Waals surface area contributed by atoms with Crippen molar-refractivity contribution in [2.24, 2.45) is 5.84 Å². The van der Waals surface area contributed by atoms with Gasteiger partial charge >= 0.3 is 6.18 Å². The maximum absolute atomic E-state index is 12.7. The molecule has 0 aliphatic heterocycles. The zero-order valence-corrected chi connectivity index (χ0v) is 13.4. The van der Waals surface area contributed by atoms with Gasteiger partial charge in [0, 0.05) is 18.3 Å². The van der Waals surface area contributed by atoms with Crippen LogP contribution in [0.25, 0.3) is 0 Å². The minimum Gasteiger partial charge on any atom is -0.382 e. The van der Waals surface area contributed by atoms with Crippen molar-refractivity contribution in [1.82, 2.24) is 20.3 Å². The van der Waals surface area contributed by atoms with E-state index in [2.05, 4.69) is 41.6 Å². The van der Waals surface area contributed by atoms with Crippen molar-refractivity contribution in [2.75, 3.05) is 11.2 Å². The second kappa shape index (κ2) is 6.97. The normalized spacial score (nSPS) is 11.2. The molecule has 12 heteroatoms. The van der Waals surface area contributed by atoms with E-state index in [9.17, 15) is 18.0 Å². The highest BCUT2D eigenvalue weighted by atomic mass is 79.9. The molecule has 1 amide bonds. The van der Waals surface area contributed by atoms with Gasteiger partial charge in [0.05, 0.1) is 0 Å². The molecule has 2 rings (SSSR count). The van der Waals surface area contributed by atoms with E-state index in [4.69, 9.17) is 11.6 Å². The molecule has 2 aromatic rings. The number of carbonyl (C=O) groups excluding carboxylic acids is 1. The van der Waals surface area contributed by atoms with Gasteiger partial charge in [0.15, 0.2) is 17.2 Å². The summed E-state index contributed by atoms with van der Waals surface area (Å²) in [5.41, 5.74) is 6.59. The fraction of sp³-hybridized carbons (Fsp3) is 0.167. The molecular formula is C12H11BrF3N7O. The minimum atomic E-state index is -4.74. The summed E-state index contributed by atoms with van der Waals surface area (Å²) in [6.45, 7) is 0.00592. The number of hydrazine groups is 1. The van der Waals surface area contributed by atoms with Crippen LogP contribution in [0.2, 0.25) is 0 Å². The number of alkyl halides is 3. The highest BCUT2D eigenvalue weighted by Crippen LogP contribution is 2.33. The van der Waals surface area contributed by atoms with Crippen LogP contribution < -0.4 is 22.3 Å². The van der Waals surface area contributed by atoms with Gasteiger partial charge in [0.2, 0.25) is 0 Å². The van der Waals surface area contributed by atoms with Crippen LogP contribution in [0.4, 0.5) is 24.8 Å². The van der Waals surface area contributed by atoms with Crippen LogP contribution in [0, 0.1) is 0 Å². The Morgan fingerprint density at radius 2 is 2.04 bits per heavy atom. The maximum atomic E-state index is 12.7. The molecule has 128 valence electrons. The van der Waals surface area contributed by atoms with Crippen LogP contribution >= 0.6 is 15.9 Å². The van der Waals surface area contributed by atoms with E-state index in [1.165, 1.54) is 6.20 Å². The molecule has 2 heterocycles. The number of rotatable bonds is 4. The van der Waals surface area contributed by atoms with E-state index in [-0.39, 0.29) is 6.54 Å². The quantitative estimate of drug-likeness (QED) is 0.446. The van der Waals surface area contributed by atoms with E-state index in [0.717, 1.165) is 0 Å². The molecule has 0 aromatic carbocycles. The number of carbonyl (C=O) groups is 1. The first-order valence-electron chi connectivity index (χ1n) is 6.33. The van der Waals surface area contributed by atoms with Crippen LogP contribution in [-0.2, 0) is 12.7 Å². The lowest BCUT2D eigenvalue weighted by molar-refractivity contribution is -0.142. The van der Waals surface area contributed by atoms with Gasteiger partial charge in [-0.2, -0.15) is 13.2 Å². The first kappa shape index (κ1) is 17.9. The molecule has 8 nitrogen and oxygen atoms in total. The molecule has 0 saturated heterocycles. The zero-order chi connectivity index (χ0) is 17.9. The molecule has 2 aromatic heterocycles. The molecule has 0 saturated carbocycles. The zero-order valence-electron chi connectivity index (χ0n) is 11.9. The van der Waals surface area contributed by atoms with Crippen molar-refractivity contribution in [1.29, 1.82) is 0 Å². The van der Waals surface area contributed by atoms with Gasteiger partial charge in [-0.15, -0.1) is 0 Å². The number of hydrogen-bond acceptors (Lipinski definition) is 7. The second-order valence-corrected chi connectivity index (χ2v) is 5.18. The third kappa shape index (κ3) is 3.89. The molecule has 0 spiro atoms. The number of aromatic nitrogens is 3. The summed E-state index contributed by atoms with van der Waals surface area (Å²) < 4.78 is 37.5. The van der Waals surface area contributed by atoms with Crippen molar-refractivity contribution in [3.8, 4) is 0 Å². The Morgan fingerprint density at radius 1 is 1.33 bits per heavy atom. The molecular weight excluding hydrogens is 395 g/mol. The largest absolute Gasteiger partial charge is 0.436 e. The summed E-state index contributed by atoms with van der Waals surface area (Å²) in [4.78, 5) is 22.8. The van der Waals surface area contributed by atoms with Gasteiger partial charge in [-0.3, -0.25) is 4.79 Å². The van der Waals surface area contributed by atoms with E-state index >= 15 is 0 Å². The topological polar surface area (TPSA) is 132 Å². The Balaban J connectivity index is 2.20. The molecule has 6 N–H and O–H groups in total. The lowest BCUT2D eigenvalue weighted by Crippen LogP contribution is -2.27. The van der Waals surface area contributed by atoms with Gasteiger partial charge in [-0.1, -0.05) is 6.07 Å². The van der Waals surface area contributed by atoms with Crippen LogP contribution in [0.3, 0.4) is 0 Å². The molecule has 0 unspecified atom stereocenters. The number of nitrogens with two attached hydrogens (primary N) is 2. The third-order valence-electron chi connectivity index (χ3n) is 2.83. The van der Waals surface area contributed by atoms with E-state index < -0.39 is 33.9 Å². The Labute approximate surface area is 142 Å². The molecule has 24 heavy (non-hydrogen) atoms. The summed E-state index contributed by atoms with van der Waals surface area (Å²) >= 11 is 2.64. The first-order chi connectivity index (χ1) is 11.2. The lowest BCUT2D eigenvalue weighted by Gasteiger charge is -2.12. The van der Waals surface area contributed by atoms with Crippen molar-refractivity contribution in [3.05, 3.63) is 39.9 Å². The number of halogens is 4. The van der Waals surface area contributed by atoms with Crippen LogP contribution in [0.5, 0.6) is 0 Å². The predicted octanol–water partition coefficient (Wildman–Crippen LogP) is 1.45.